The van der Waals surface area contributed by atoms with Crippen LogP contribution in [0.4, 0.5) is 11.4 Å². The van der Waals surface area contributed by atoms with E-state index in [0.717, 1.165) is 0 Å². The van der Waals surface area contributed by atoms with Crippen LogP contribution in [0.1, 0.15) is 0 Å². The molecule has 0 amide bonds. The van der Waals surface area contributed by atoms with Gasteiger partial charge in [-0.2, -0.15) is 0 Å². The van der Waals surface area contributed by atoms with E-state index in [-0.39, 0.29) is 11.4 Å². The van der Waals surface area contributed by atoms with E-state index < -0.39 is 12.7 Å². The minimum Gasteiger partial charge on any atom is -0.497 e. The highest BCUT2D eigenvalue weighted by molar-refractivity contribution is 7.45. The monoisotopic (exact) mass is 281 g/mol. The largest absolute Gasteiger partial charge is 0.497 e. The number of nitro benzene ring substituents is 1. The fraction of sp³-hybridized carbons (Fsp3) is 0.143. The second kappa shape index (κ2) is 6.89. The first-order valence-electron chi connectivity index (χ1n) is 4.26. The zero-order valence-electron chi connectivity index (χ0n) is 9.18. The first kappa shape index (κ1) is 16.3. The molecule has 6 N–H and O–H groups in total. The number of nitrogens with zero attached hydrogens (tertiary/aromatic N) is 1. The lowest BCUT2D eigenvalue weighted by molar-refractivity contribution is -0.384. The van der Waals surface area contributed by atoms with Gasteiger partial charge in [0.25, 0.3) is 5.69 Å². The zero-order chi connectivity index (χ0) is 14.3. The lowest BCUT2D eigenvalue weighted by Gasteiger charge is -2.03. The number of hydrazine groups is 1. The Morgan fingerprint density at radius 3 is 2.28 bits per heavy atom. The van der Waals surface area contributed by atoms with Crippen LogP contribution in [-0.4, -0.2) is 26.7 Å². The summed E-state index contributed by atoms with van der Waals surface area (Å²) in [6.45, 7) is 0. The third kappa shape index (κ3) is 6.78. The molecule has 18 heavy (non-hydrogen) atoms. The second-order valence-electron chi connectivity index (χ2n) is 2.80. The quantitative estimate of drug-likeness (QED) is 0.221. The molecule has 1 aromatic rings. The Hall–Kier alpha value is -1.71. The van der Waals surface area contributed by atoms with Crippen molar-refractivity contribution in [3.8, 4) is 5.75 Å². The van der Waals surface area contributed by atoms with Crippen LogP contribution in [0.3, 0.4) is 0 Å². The number of nitrogen functional groups attached to an aromatic ring is 1. The number of nitrogens with one attached hydrogen (secondary N) is 1. The summed E-state index contributed by atoms with van der Waals surface area (Å²) in [5, 5.41) is 10.4. The van der Waals surface area contributed by atoms with Crippen LogP contribution >= 0.6 is 7.82 Å². The van der Waals surface area contributed by atoms with E-state index in [1.807, 2.05) is 0 Å². The first-order chi connectivity index (χ1) is 8.19. The highest BCUT2D eigenvalue weighted by Gasteiger charge is 2.12. The molecule has 0 aliphatic carbocycles. The SMILES string of the molecule is COc1ccc([N+](=O)[O-])c(NN)c1.O=P(O)(O)O. The molecular formula is C7H12N3O7P. The smallest absolute Gasteiger partial charge is 0.466 e. The van der Waals surface area contributed by atoms with Gasteiger partial charge in [0.2, 0.25) is 0 Å². The van der Waals surface area contributed by atoms with Gasteiger partial charge in [0, 0.05) is 12.1 Å². The van der Waals surface area contributed by atoms with E-state index in [4.69, 9.17) is 29.8 Å². The Kier molecular flexibility index (Phi) is 6.23. The number of nitrogens with two attached hydrogens (primary N) is 1. The average molecular weight is 281 g/mol. The highest BCUT2D eigenvalue weighted by Crippen LogP contribution is 2.27. The number of benzene rings is 1. The molecule has 0 heterocycles. The zero-order valence-corrected chi connectivity index (χ0v) is 10.1. The standard InChI is InChI=1S/C7H9N3O3.H3O4P/c1-13-5-2-3-7(10(11)12)6(4-5)9-8;1-5(2,3)4/h2-4,9H,8H2,1H3;(H3,1,2,3,4). The van der Waals surface area contributed by atoms with Crippen LogP contribution in [0.5, 0.6) is 5.75 Å². The molecule has 0 saturated heterocycles. The van der Waals surface area contributed by atoms with E-state index in [9.17, 15) is 10.1 Å². The summed E-state index contributed by atoms with van der Waals surface area (Å²) in [5.41, 5.74) is 2.38. The third-order valence-corrected chi connectivity index (χ3v) is 1.56. The minimum absolute atomic E-state index is 0.0803. The number of nitro groups is 1. The maximum atomic E-state index is 10.4. The van der Waals surface area contributed by atoms with E-state index >= 15 is 0 Å². The van der Waals surface area contributed by atoms with Gasteiger partial charge in [0.05, 0.1) is 12.0 Å². The molecule has 0 bridgehead atoms. The van der Waals surface area contributed by atoms with Gasteiger partial charge in [-0.1, -0.05) is 0 Å². The van der Waals surface area contributed by atoms with Gasteiger partial charge in [-0.15, -0.1) is 0 Å². The Morgan fingerprint density at radius 1 is 1.44 bits per heavy atom. The molecule has 10 nitrogen and oxygen atoms in total. The Labute approximate surface area is 101 Å². The molecule has 11 heteroatoms. The summed E-state index contributed by atoms with van der Waals surface area (Å²) in [4.78, 5) is 31.5. The van der Waals surface area contributed by atoms with E-state index in [1.54, 1.807) is 0 Å². The van der Waals surface area contributed by atoms with Crippen molar-refractivity contribution in [2.75, 3.05) is 12.5 Å². The number of rotatable bonds is 3. The van der Waals surface area contributed by atoms with Gasteiger partial charge in [-0.3, -0.25) is 16.0 Å². The molecule has 0 saturated carbocycles. The predicted molar refractivity (Wildman–Crippen MR) is 61.7 cm³/mol. The number of ether oxygens (including phenoxy) is 1. The van der Waals surface area contributed by atoms with E-state index in [2.05, 4.69) is 5.43 Å². The summed E-state index contributed by atoms with van der Waals surface area (Å²) in [7, 11) is -3.17. The van der Waals surface area contributed by atoms with Crippen molar-refractivity contribution >= 4 is 19.2 Å². The summed E-state index contributed by atoms with van der Waals surface area (Å²) in [6.07, 6.45) is 0. The molecule has 0 spiro atoms. The lowest BCUT2D eigenvalue weighted by Crippen LogP contribution is -2.09. The Morgan fingerprint density at radius 2 is 1.94 bits per heavy atom. The molecule has 102 valence electrons. The van der Waals surface area contributed by atoms with Crippen molar-refractivity contribution in [3.05, 3.63) is 28.3 Å². The predicted octanol–water partition coefficient (Wildman–Crippen LogP) is -0.0396. The average Bonchev–Trinajstić information content (AvgIpc) is 2.25. The molecule has 0 unspecified atom stereocenters. The maximum absolute atomic E-state index is 10.4. The van der Waals surface area contributed by atoms with Crippen LogP contribution < -0.4 is 16.0 Å². The van der Waals surface area contributed by atoms with Crippen LogP contribution in [0.25, 0.3) is 0 Å². The van der Waals surface area contributed by atoms with Crippen LogP contribution in [0.2, 0.25) is 0 Å². The van der Waals surface area contributed by atoms with Crippen molar-refractivity contribution < 1.29 is 28.9 Å². The minimum atomic E-state index is -4.64. The maximum Gasteiger partial charge on any atom is 0.466 e. The van der Waals surface area contributed by atoms with Gasteiger partial charge < -0.3 is 24.8 Å². The molecule has 0 atom stereocenters. The molecule has 0 aromatic heterocycles. The normalized spacial score (nSPS) is 10.1. The number of hydrogen-bond donors (Lipinski definition) is 5. The van der Waals surface area contributed by atoms with Crippen molar-refractivity contribution in [3.63, 3.8) is 0 Å². The Balaban J connectivity index is 0.000000494. The van der Waals surface area contributed by atoms with Gasteiger partial charge in [0.15, 0.2) is 0 Å². The summed E-state index contributed by atoms with van der Waals surface area (Å²) >= 11 is 0. The summed E-state index contributed by atoms with van der Waals surface area (Å²) < 4.78 is 13.8. The molecule has 0 aliphatic heterocycles. The topological polar surface area (TPSA) is 168 Å². The molecule has 1 rings (SSSR count). The van der Waals surface area contributed by atoms with Gasteiger partial charge in [-0.05, 0) is 6.07 Å². The van der Waals surface area contributed by atoms with Crippen molar-refractivity contribution in [1.82, 2.24) is 0 Å². The second-order valence-corrected chi connectivity index (χ2v) is 3.82. The summed E-state index contributed by atoms with van der Waals surface area (Å²) in [5.74, 6) is 5.61. The van der Waals surface area contributed by atoms with Crippen LogP contribution in [0, 0.1) is 10.1 Å². The van der Waals surface area contributed by atoms with Crippen molar-refractivity contribution in [2.24, 2.45) is 5.84 Å². The molecular weight excluding hydrogens is 269 g/mol. The van der Waals surface area contributed by atoms with Crippen molar-refractivity contribution in [2.45, 2.75) is 0 Å². The molecule has 0 aliphatic rings. The molecule has 1 aromatic carbocycles. The van der Waals surface area contributed by atoms with E-state index in [0.29, 0.717) is 5.75 Å². The Bertz CT molecular complexity index is 452. The van der Waals surface area contributed by atoms with Crippen LogP contribution in [-0.2, 0) is 4.57 Å². The number of methoxy groups -OCH3 is 1. The number of anilines is 1. The fourth-order valence-electron chi connectivity index (χ4n) is 0.917. The first-order valence-corrected chi connectivity index (χ1v) is 5.83. The third-order valence-electron chi connectivity index (χ3n) is 1.56. The van der Waals surface area contributed by atoms with E-state index in [1.165, 1.54) is 25.3 Å². The summed E-state index contributed by atoms with van der Waals surface area (Å²) in [6, 6.07) is 4.28. The molecule has 0 radical (unpaired) electrons. The van der Waals surface area contributed by atoms with Gasteiger partial charge in [-0.25, -0.2) is 4.57 Å². The van der Waals surface area contributed by atoms with Gasteiger partial charge in [0.1, 0.15) is 11.4 Å². The van der Waals surface area contributed by atoms with Gasteiger partial charge >= 0.3 is 7.82 Å². The number of phosphoric acid groups is 1. The van der Waals surface area contributed by atoms with Crippen LogP contribution in [0.15, 0.2) is 18.2 Å². The van der Waals surface area contributed by atoms with Crippen molar-refractivity contribution in [1.29, 1.82) is 0 Å². The number of hydrogen-bond acceptors (Lipinski definition) is 6. The highest BCUT2D eigenvalue weighted by atomic mass is 31.2. The lowest BCUT2D eigenvalue weighted by atomic mass is 10.2. The fourth-order valence-corrected chi connectivity index (χ4v) is 0.917. The molecule has 0 fully saturated rings.